The minimum atomic E-state index is -0.245. The number of carbonyl (C=O) groups is 1. The van der Waals surface area contributed by atoms with Crippen LogP contribution in [0.2, 0.25) is 0 Å². The molecule has 0 spiro atoms. The molecule has 7 heteroatoms. The molecule has 146 valence electrons. The van der Waals surface area contributed by atoms with Crippen LogP contribution in [-0.2, 0) is 6.54 Å². The van der Waals surface area contributed by atoms with Gasteiger partial charge >= 0.3 is 0 Å². The molecular formula is C21H24N4O2S. The standard InChI is InChI=1S/C21H24N4O2S/c1-14-7-6-10-25(11-14)12-17-13-28-21(22-17)23-20(26)18-15(2)27-24-19(18)16-8-4-3-5-9-16/h3-5,8-9,13-14H,6-7,10-12H2,1-2H3,(H,22,23,26). The molecule has 3 heterocycles. The third kappa shape index (κ3) is 4.15. The summed E-state index contributed by atoms with van der Waals surface area (Å²) in [6.07, 6.45) is 2.54. The first kappa shape index (κ1) is 18.8. The van der Waals surface area contributed by atoms with Crippen molar-refractivity contribution in [2.75, 3.05) is 18.4 Å². The molecule has 1 aliphatic heterocycles. The SMILES string of the molecule is Cc1onc(-c2ccccc2)c1C(=O)Nc1nc(CN2CCCC(C)C2)cs1. The third-order valence-electron chi connectivity index (χ3n) is 5.04. The van der Waals surface area contributed by atoms with Crippen LogP contribution in [0.3, 0.4) is 0 Å². The molecule has 0 aliphatic carbocycles. The van der Waals surface area contributed by atoms with Crippen LogP contribution in [0.4, 0.5) is 5.13 Å². The highest BCUT2D eigenvalue weighted by atomic mass is 32.1. The van der Waals surface area contributed by atoms with Crippen molar-refractivity contribution < 1.29 is 9.32 Å². The van der Waals surface area contributed by atoms with E-state index in [9.17, 15) is 4.79 Å². The van der Waals surface area contributed by atoms with E-state index in [1.807, 2.05) is 35.7 Å². The van der Waals surface area contributed by atoms with Gasteiger partial charge in [-0.2, -0.15) is 0 Å². The Hall–Kier alpha value is -2.51. The van der Waals surface area contributed by atoms with Gasteiger partial charge in [-0.1, -0.05) is 42.4 Å². The van der Waals surface area contributed by atoms with Gasteiger partial charge in [0, 0.05) is 24.0 Å². The van der Waals surface area contributed by atoms with Crippen molar-refractivity contribution in [2.45, 2.75) is 33.2 Å². The second-order valence-electron chi connectivity index (χ2n) is 7.41. The molecule has 1 unspecified atom stereocenters. The maximum absolute atomic E-state index is 12.9. The highest BCUT2D eigenvalue weighted by molar-refractivity contribution is 7.14. The van der Waals surface area contributed by atoms with Gasteiger partial charge in [-0.25, -0.2) is 4.98 Å². The summed E-state index contributed by atoms with van der Waals surface area (Å²) in [6.45, 7) is 7.10. The summed E-state index contributed by atoms with van der Waals surface area (Å²) in [5.74, 6) is 0.986. The summed E-state index contributed by atoms with van der Waals surface area (Å²) in [5.41, 5.74) is 2.85. The van der Waals surface area contributed by atoms with Crippen LogP contribution in [0, 0.1) is 12.8 Å². The molecule has 0 saturated carbocycles. The van der Waals surface area contributed by atoms with E-state index in [2.05, 4.69) is 27.3 Å². The first-order chi connectivity index (χ1) is 13.6. The van der Waals surface area contributed by atoms with Gasteiger partial charge in [0.25, 0.3) is 5.91 Å². The highest BCUT2D eigenvalue weighted by Gasteiger charge is 2.23. The number of nitrogens with one attached hydrogen (secondary N) is 1. The van der Waals surface area contributed by atoms with Crippen LogP contribution in [0.5, 0.6) is 0 Å². The number of aryl methyl sites for hydroxylation is 1. The van der Waals surface area contributed by atoms with Gasteiger partial charge in [-0.3, -0.25) is 15.0 Å². The maximum atomic E-state index is 12.9. The fourth-order valence-corrected chi connectivity index (χ4v) is 4.39. The van der Waals surface area contributed by atoms with Gasteiger partial charge in [-0.15, -0.1) is 11.3 Å². The number of nitrogens with zero attached hydrogens (tertiary/aromatic N) is 3. The number of amides is 1. The number of hydrogen-bond donors (Lipinski definition) is 1. The van der Waals surface area contributed by atoms with E-state index in [4.69, 9.17) is 4.52 Å². The summed E-state index contributed by atoms with van der Waals surface area (Å²) in [6, 6.07) is 9.58. The zero-order valence-corrected chi connectivity index (χ0v) is 17.0. The maximum Gasteiger partial charge on any atom is 0.263 e. The Balaban J connectivity index is 1.46. The average Bonchev–Trinajstić information content (AvgIpc) is 3.28. The Morgan fingerprint density at radius 3 is 2.96 bits per heavy atom. The number of anilines is 1. The molecule has 0 bridgehead atoms. The van der Waals surface area contributed by atoms with Gasteiger partial charge < -0.3 is 4.52 Å². The Morgan fingerprint density at radius 1 is 1.36 bits per heavy atom. The Labute approximate surface area is 168 Å². The topological polar surface area (TPSA) is 71.3 Å². The molecule has 1 fully saturated rings. The van der Waals surface area contributed by atoms with Crippen LogP contribution >= 0.6 is 11.3 Å². The van der Waals surface area contributed by atoms with E-state index in [1.54, 1.807) is 6.92 Å². The summed E-state index contributed by atoms with van der Waals surface area (Å²) in [5, 5.41) is 9.61. The Kier molecular flexibility index (Phi) is 5.54. The van der Waals surface area contributed by atoms with E-state index in [1.165, 1.54) is 24.2 Å². The number of carbonyl (C=O) groups excluding carboxylic acids is 1. The smallest absolute Gasteiger partial charge is 0.263 e. The number of piperidine rings is 1. The van der Waals surface area contributed by atoms with Crippen molar-refractivity contribution in [3.63, 3.8) is 0 Å². The van der Waals surface area contributed by atoms with Crippen molar-refractivity contribution in [1.82, 2.24) is 15.0 Å². The summed E-state index contributed by atoms with van der Waals surface area (Å²) >= 11 is 1.45. The summed E-state index contributed by atoms with van der Waals surface area (Å²) in [7, 11) is 0. The van der Waals surface area contributed by atoms with Gasteiger partial charge in [0.15, 0.2) is 5.13 Å². The number of aromatic nitrogens is 2. The number of thiazole rings is 1. The van der Waals surface area contributed by atoms with Crippen molar-refractivity contribution in [1.29, 1.82) is 0 Å². The van der Waals surface area contributed by atoms with E-state index in [0.29, 0.717) is 22.1 Å². The molecule has 1 N–H and O–H groups in total. The second kappa shape index (κ2) is 8.24. The molecule has 3 aromatic rings. The zero-order chi connectivity index (χ0) is 19.5. The molecule has 4 rings (SSSR count). The average molecular weight is 397 g/mol. The molecule has 6 nitrogen and oxygen atoms in total. The molecule has 0 radical (unpaired) electrons. The molecule has 1 aromatic carbocycles. The lowest BCUT2D eigenvalue weighted by Gasteiger charge is -2.30. The van der Waals surface area contributed by atoms with Crippen molar-refractivity contribution >= 4 is 22.4 Å². The van der Waals surface area contributed by atoms with E-state index in [0.717, 1.165) is 36.8 Å². The van der Waals surface area contributed by atoms with E-state index < -0.39 is 0 Å². The zero-order valence-electron chi connectivity index (χ0n) is 16.1. The monoisotopic (exact) mass is 396 g/mol. The number of benzene rings is 1. The number of rotatable bonds is 5. The molecule has 2 aromatic heterocycles. The predicted octanol–water partition coefficient (Wildman–Crippen LogP) is 4.59. The van der Waals surface area contributed by atoms with Gasteiger partial charge in [0.05, 0.1) is 5.69 Å². The Morgan fingerprint density at radius 2 is 2.18 bits per heavy atom. The van der Waals surface area contributed by atoms with Crippen LogP contribution in [0.15, 0.2) is 40.2 Å². The molecule has 1 amide bonds. The normalized spacial score (nSPS) is 17.6. The van der Waals surface area contributed by atoms with Crippen LogP contribution < -0.4 is 5.32 Å². The van der Waals surface area contributed by atoms with Gasteiger partial charge in [0.2, 0.25) is 0 Å². The van der Waals surface area contributed by atoms with Crippen LogP contribution in [-0.4, -0.2) is 34.0 Å². The van der Waals surface area contributed by atoms with E-state index >= 15 is 0 Å². The Bertz CT molecular complexity index is 950. The summed E-state index contributed by atoms with van der Waals surface area (Å²) in [4.78, 5) is 19.9. The van der Waals surface area contributed by atoms with E-state index in [-0.39, 0.29) is 5.91 Å². The fourth-order valence-electron chi connectivity index (χ4n) is 3.69. The lowest BCUT2D eigenvalue weighted by Crippen LogP contribution is -2.33. The van der Waals surface area contributed by atoms with Crippen LogP contribution in [0.25, 0.3) is 11.3 Å². The van der Waals surface area contributed by atoms with Gasteiger partial charge in [-0.05, 0) is 32.2 Å². The number of hydrogen-bond acceptors (Lipinski definition) is 6. The largest absolute Gasteiger partial charge is 0.360 e. The van der Waals surface area contributed by atoms with Crippen molar-refractivity contribution in [3.05, 3.63) is 52.7 Å². The second-order valence-corrected chi connectivity index (χ2v) is 8.27. The molecule has 1 atom stereocenters. The summed E-state index contributed by atoms with van der Waals surface area (Å²) < 4.78 is 5.29. The lowest BCUT2D eigenvalue weighted by atomic mass is 10.0. The minimum absolute atomic E-state index is 0.245. The first-order valence-electron chi connectivity index (χ1n) is 9.60. The lowest BCUT2D eigenvalue weighted by molar-refractivity contribution is 0.102. The minimum Gasteiger partial charge on any atom is -0.360 e. The fraction of sp³-hybridized carbons (Fsp3) is 0.381. The molecule has 1 aliphatic rings. The molecule has 28 heavy (non-hydrogen) atoms. The first-order valence-corrected chi connectivity index (χ1v) is 10.5. The molecule has 1 saturated heterocycles. The number of likely N-dealkylation sites (tertiary alicyclic amines) is 1. The highest BCUT2D eigenvalue weighted by Crippen LogP contribution is 2.27. The van der Waals surface area contributed by atoms with Crippen molar-refractivity contribution in [2.24, 2.45) is 5.92 Å². The van der Waals surface area contributed by atoms with Crippen molar-refractivity contribution in [3.8, 4) is 11.3 Å². The molecular weight excluding hydrogens is 372 g/mol. The third-order valence-corrected chi connectivity index (χ3v) is 5.84. The predicted molar refractivity (Wildman–Crippen MR) is 110 cm³/mol. The quantitative estimate of drug-likeness (QED) is 0.683. The van der Waals surface area contributed by atoms with Crippen LogP contribution in [0.1, 0.15) is 41.6 Å². The van der Waals surface area contributed by atoms with Gasteiger partial charge in [0.1, 0.15) is 17.0 Å².